The molecule has 3 aromatic rings. The lowest BCUT2D eigenvalue weighted by Crippen LogP contribution is -1.82. The Morgan fingerprint density at radius 3 is 2.47 bits per heavy atom. The number of phenolic OH excluding ortho intramolecular Hbond substituents is 2. The van der Waals surface area contributed by atoms with Gasteiger partial charge >= 0.3 is 0 Å². The number of nitrogens with zero attached hydrogens (tertiary/aromatic N) is 1. The molecule has 0 saturated heterocycles. The number of benzene rings is 2. The van der Waals surface area contributed by atoms with Crippen LogP contribution in [0.2, 0.25) is 0 Å². The van der Waals surface area contributed by atoms with Gasteiger partial charge in [-0.3, -0.25) is 0 Å². The lowest BCUT2D eigenvalue weighted by Gasteiger charge is -2.00. The van der Waals surface area contributed by atoms with Gasteiger partial charge in [-0.15, -0.1) is 11.3 Å². The second kappa shape index (κ2) is 4.17. The Bertz CT molecular complexity index is 747. The van der Waals surface area contributed by atoms with Crippen molar-refractivity contribution in [2.45, 2.75) is 0 Å². The minimum absolute atomic E-state index is 0.0700. The van der Waals surface area contributed by atoms with Crippen LogP contribution in [0.25, 0.3) is 20.8 Å². The number of hydrogen-bond acceptors (Lipinski definition) is 4. The topological polar surface area (TPSA) is 53.4 Å². The largest absolute Gasteiger partial charge is 0.508 e. The van der Waals surface area contributed by atoms with Gasteiger partial charge in [0, 0.05) is 12.1 Å². The van der Waals surface area contributed by atoms with Crippen molar-refractivity contribution in [1.82, 2.24) is 4.98 Å². The van der Waals surface area contributed by atoms with Crippen LogP contribution in [-0.2, 0) is 0 Å². The highest BCUT2D eigenvalue weighted by Crippen LogP contribution is 2.37. The molecule has 0 aliphatic carbocycles. The number of hydrogen-bond donors (Lipinski definition) is 2. The minimum atomic E-state index is -0.959. The van der Waals surface area contributed by atoms with Gasteiger partial charge in [0.25, 0.3) is 0 Å². The number of rotatable bonds is 1. The van der Waals surface area contributed by atoms with E-state index in [-0.39, 0.29) is 11.5 Å². The van der Waals surface area contributed by atoms with Crippen LogP contribution in [-0.4, -0.2) is 15.2 Å². The Balaban J connectivity index is 2.20. The average molecular weight is 279 g/mol. The Labute approximate surface area is 110 Å². The highest BCUT2D eigenvalue weighted by molar-refractivity contribution is 7.21. The molecule has 0 aliphatic heterocycles. The molecule has 0 fully saturated rings. The van der Waals surface area contributed by atoms with Crippen LogP contribution in [0.15, 0.2) is 30.3 Å². The van der Waals surface area contributed by atoms with E-state index in [0.717, 1.165) is 23.5 Å². The van der Waals surface area contributed by atoms with E-state index in [1.165, 1.54) is 18.2 Å². The van der Waals surface area contributed by atoms with E-state index in [2.05, 4.69) is 4.98 Å². The van der Waals surface area contributed by atoms with Gasteiger partial charge in [0.1, 0.15) is 16.5 Å². The Kier molecular flexibility index (Phi) is 2.60. The summed E-state index contributed by atoms with van der Waals surface area (Å²) in [6.07, 6.45) is 0. The zero-order valence-electron chi connectivity index (χ0n) is 9.39. The lowest BCUT2D eigenvalue weighted by molar-refractivity contribution is 0.452. The third kappa shape index (κ3) is 2.00. The summed E-state index contributed by atoms with van der Waals surface area (Å²) in [5, 5.41) is 19.4. The van der Waals surface area contributed by atoms with Crippen molar-refractivity contribution >= 4 is 21.6 Å². The van der Waals surface area contributed by atoms with E-state index in [1.807, 2.05) is 0 Å². The zero-order valence-corrected chi connectivity index (χ0v) is 10.2. The van der Waals surface area contributed by atoms with Crippen molar-refractivity contribution in [2.75, 3.05) is 0 Å². The van der Waals surface area contributed by atoms with Gasteiger partial charge in [0.05, 0.1) is 15.8 Å². The Hall–Kier alpha value is -2.21. The van der Waals surface area contributed by atoms with Crippen LogP contribution in [0.5, 0.6) is 11.5 Å². The third-order valence-corrected chi connectivity index (χ3v) is 3.69. The van der Waals surface area contributed by atoms with Gasteiger partial charge in [-0.25, -0.2) is 13.8 Å². The zero-order chi connectivity index (χ0) is 13.6. The summed E-state index contributed by atoms with van der Waals surface area (Å²) in [6.45, 7) is 0. The summed E-state index contributed by atoms with van der Waals surface area (Å²) in [5.74, 6) is -2.10. The summed E-state index contributed by atoms with van der Waals surface area (Å²) in [6, 6.07) is 6.17. The van der Waals surface area contributed by atoms with Gasteiger partial charge in [0.2, 0.25) is 0 Å². The fraction of sp³-hybridized carbons (Fsp3) is 0. The van der Waals surface area contributed by atoms with Gasteiger partial charge in [-0.05, 0) is 18.2 Å². The minimum Gasteiger partial charge on any atom is -0.508 e. The molecule has 3 nitrogen and oxygen atoms in total. The van der Waals surface area contributed by atoms with Gasteiger partial charge in [-0.2, -0.15) is 0 Å². The van der Waals surface area contributed by atoms with Crippen molar-refractivity contribution < 1.29 is 19.0 Å². The van der Waals surface area contributed by atoms with Crippen molar-refractivity contribution in [3.05, 3.63) is 42.0 Å². The molecule has 1 aromatic heterocycles. The molecule has 0 amide bonds. The first kappa shape index (κ1) is 11.9. The maximum Gasteiger partial charge on any atom is 0.161 e. The van der Waals surface area contributed by atoms with E-state index in [1.54, 1.807) is 0 Å². The highest BCUT2D eigenvalue weighted by atomic mass is 32.1. The molecule has 0 bridgehead atoms. The number of thiazole rings is 1. The molecule has 19 heavy (non-hydrogen) atoms. The molecule has 2 N–H and O–H groups in total. The first-order valence-electron chi connectivity index (χ1n) is 5.32. The molecule has 1 heterocycles. The van der Waals surface area contributed by atoms with Gasteiger partial charge in [0.15, 0.2) is 11.6 Å². The van der Waals surface area contributed by atoms with Crippen molar-refractivity contribution in [2.24, 2.45) is 0 Å². The molecular formula is C13H7F2NO2S. The van der Waals surface area contributed by atoms with E-state index in [4.69, 9.17) is 0 Å². The van der Waals surface area contributed by atoms with E-state index in [0.29, 0.717) is 20.8 Å². The van der Waals surface area contributed by atoms with E-state index >= 15 is 0 Å². The molecule has 6 heteroatoms. The molecule has 0 radical (unpaired) electrons. The van der Waals surface area contributed by atoms with Crippen LogP contribution < -0.4 is 0 Å². The lowest BCUT2D eigenvalue weighted by atomic mass is 10.2. The standard InChI is InChI=1S/C13H7F2NO2S/c14-8-4-10-12(5-9(8)15)19-13(16-10)7-2-1-6(17)3-11(7)18/h1-5,17-18H. The summed E-state index contributed by atoms with van der Waals surface area (Å²) in [5.41, 5.74) is 0.728. The number of aromatic hydroxyl groups is 2. The SMILES string of the molecule is Oc1ccc(-c2nc3cc(F)c(F)cc3s2)c(O)c1. The van der Waals surface area contributed by atoms with Crippen molar-refractivity contribution in [1.29, 1.82) is 0 Å². The Morgan fingerprint density at radius 2 is 1.74 bits per heavy atom. The summed E-state index contributed by atoms with van der Waals surface area (Å²) in [4.78, 5) is 4.15. The number of fused-ring (bicyclic) bond motifs is 1. The number of halogens is 2. The molecule has 0 spiro atoms. The third-order valence-electron chi connectivity index (χ3n) is 2.64. The quantitative estimate of drug-likeness (QED) is 0.715. The van der Waals surface area contributed by atoms with Crippen LogP contribution in [0.1, 0.15) is 0 Å². The van der Waals surface area contributed by atoms with Crippen LogP contribution in [0.4, 0.5) is 8.78 Å². The van der Waals surface area contributed by atoms with Crippen molar-refractivity contribution in [3.8, 4) is 22.1 Å². The van der Waals surface area contributed by atoms with E-state index in [9.17, 15) is 19.0 Å². The maximum atomic E-state index is 13.1. The number of aromatic nitrogens is 1. The molecule has 0 saturated carbocycles. The van der Waals surface area contributed by atoms with Crippen LogP contribution >= 0.6 is 11.3 Å². The highest BCUT2D eigenvalue weighted by Gasteiger charge is 2.13. The second-order valence-electron chi connectivity index (χ2n) is 3.95. The van der Waals surface area contributed by atoms with Crippen molar-refractivity contribution in [3.63, 3.8) is 0 Å². The molecule has 0 unspecified atom stereocenters. The molecule has 2 aromatic carbocycles. The van der Waals surface area contributed by atoms with Gasteiger partial charge in [-0.1, -0.05) is 0 Å². The first-order valence-corrected chi connectivity index (χ1v) is 6.14. The fourth-order valence-electron chi connectivity index (χ4n) is 1.74. The maximum absolute atomic E-state index is 13.1. The monoisotopic (exact) mass is 279 g/mol. The molecule has 0 aliphatic rings. The van der Waals surface area contributed by atoms with Gasteiger partial charge < -0.3 is 10.2 Å². The number of phenols is 2. The molecule has 0 atom stereocenters. The predicted octanol–water partition coefficient (Wildman–Crippen LogP) is 3.65. The molecular weight excluding hydrogens is 272 g/mol. The second-order valence-corrected chi connectivity index (χ2v) is 4.99. The summed E-state index contributed by atoms with van der Waals surface area (Å²) < 4.78 is 26.7. The summed E-state index contributed by atoms with van der Waals surface area (Å²) in [7, 11) is 0. The molecule has 3 rings (SSSR count). The molecule has 96 valence electrons. The first-order chi connectivity index (χ1) is 9.04. The van der Waals surface area contributed by atoms with Crippen LogP contribution in [0, 0.1) is 11.6 Å². The Morgan fingerprint density at radius 1 is 1.00 bits per heavy atom. The smallest absolute Gasteiger partial charge is 0.161 e. The normalized spacial score (nSPS) is 11.1. The fourth-order valence-corrected chi connectivity index (χ4v) is 2.75. The predicted molar refractivity (Wildman–Crippen MR) is 68.3 cm³/mol. The van der Waals surface area contributed by atoms with Crippen LogP contribution in [0.3, 0.4) is 0 Å². The summed E-state index contributed by atoms with van der Waals surface area (Å²) >= 11 is 1.13. The average Bonchev–Trinajstić information content (AvgIpc) is 2.72. The van der Waals surface area contributed by atoms with E-state index < -0.39 is 11.6 Å².